The lowest BCUT2D eigenvalue weighted by atomic mass is 9.84. The van der Waals surface area contributed by atoms with Crippen molar-refractivity contribution < 1.29 is 13.2 Å². The molecule has 120 valence electrons. The van der Waals surface area contributed by atoms with Crippen LogP contribution in [-0.2, 0) is 10.0 Å². The second-order valence-corrected chi connectivity index (χ2v) is 7.96. The van der Waals surface area contributed by atoms with Crippen molar-refractivity contribution in [2.45, 2.75) is 62.4 Å². The first kappa shape index (κ1) is 15.5. The third kappa shape index (κ3) is 2.77. The molecule has 1 aromatic rings. The SMILES string of the molecule is Cc1ccc(S(N)(=O)=O)c(C(=O)N(C2CCC2)C2CCC2)c1. The smallest absolute Gasteiger partial charge is 0.255 e. The molecule has 2 aliphatic carbocycles. The summed E-state index contributed by atoms with van der Waals surface area (Å²) in [6.45, 7) is 1.85. The number of rotatable bonds is 4. The summed E-state index contributed by atoms with van der Waals surface area (Å²) >= 11 is 0. The summed E-state index contributed by atoms with van der Waals surface area (Å²) in [5.41, 5.74) is 1.08. The maximum Gasteiger partial charge on any atom is 0.255 e. The fraction of sp³-hybridized carbons (Fsp3) is 0.562. The van der Waals surface area contributed by atoms with Crippen molar-refractivity contribution in [3.8, 4) is 0 Å². The van der Waals surface area contributed by atoms with E-state index in [0.717, 1.165) is 44.1 Å². The molecule has 0 spiro atoms. The van der Waals surface area contributed by atoms with Gasteiger partial charge in [-0.05, 0) is 57.6 Å². The van der Waals surface area contributed by atoms with Gasteiger partial charge in [0.1, 0.15) is 0 Å². The van der Waals surface area contributed by atoms with Crippen LogP contribution in [0.1, 0.15) is 54.4 Å². The van der Waals surface area contributed by atoms with Crippen LogP contribution in [0.25, 0.3) is 0 Å². The standard InChI is InChI=1S/C16H22N2O3S/c1-11-8-9-15(22(17,20)21)14(10-11)16(19)18(12-4-2-5-12)13-6-3-7-13/h8-10,12-13H,2-7H2,1H3,(H2,17,20,21). The summed E-state index contributed by atoms with van der Waals surface area (Å²) in [4.78, 5) is 14.9. The van der Waals surface area contributed by atoms with Crippen molar-refractivity contribution in [1.29, 1.82) is 0 Å². The lowest BCUT2D eigenvalue weighted by Crippen LogP contribution is -2.52. The maximum atomic E-state index is 13.0. The highest BCUT2D eigenvalue weighted by atomic mass is 32.2. The van der Waals surface area contributed by atoms with Gasteiger partial charge in [-0.2, -0.15) is 0 Å². The highest BCUT2D eigenvalue weighted by Gasteiger charge is 2.38. The molecule has 22 heavy (non-hydrogen) atoms. The minimum absolute atomic E-state index is 0.0632. The molecule has 0 radical (unpaired) electrons. The number of carbonyl (C=O) groups excluding carboxylic acids is 1. The summed E-state index contributed by atoms with van der Waals surface area (Å²) in [7, 11) is -3.91. The van der Waals surface area contributed by atoms with Crippen LogP contribution in [0.3, 0.4) is 0 Å². The van der Waals surface area contributed by atoms with Crippen LogP contribution in [0, 0.1) is 6.92 Å². The largest absolute Gasteiger partial charge is 0.333 e. The van der Waals surface area contributed by atoms with Gasteiger partial charge in [0.2, 0.25) is 10.0 Å². The molecule has 0 atom stereocenters. The maximum absolute atomic E-state index is 13.0. The van der Waals surface area contributed by atoms with Crippen LogP contribution in [0.4, 0.5) is 0 Å². The summed E-state index contributed by atoms with van der Waals surface area (Å²) in [5, 5.41) is 5.29. The van der Waals surface area contributed by atoms with Crippen molar-refractivity contribution in [1.82, 2.24) is 4.90 Å². The molecule has 0 saturated heterocycles. The van der Waals surface area contributed by atoms with E-state index in [4.69, 9.17) is 5.14 Å². The zero-order valence-electron chi connectivity index (χ0n) is 12.8. The summed E-state index contributed by atoms with van der Waals surface area (Å²) in [6.07, 6.45) is 6.32. The van der Waals surface area contributed by atoms with Crippen LogP contribution >= 0.6 is 0 Å². The number of hydrogen-bond acceptors (Lipinski definition) is 3. The predicted molar refractivity (Wildman–Crippen MR) is 84.0 cm³/mol. The molecule has 5 nitrogen and oxygen atoms in total. The van der Waals surface area contributed by atoms with E-state index in [2.05, 4.69) is 0 Å². The number of nitrogens with two attached hydrogens (primary N) is 1. The third-order valence-corrected chi connectivity index (χ3v) is 5.81. The summed E-state index contributed by atoms with van der Waals surface area (Å²) in [6, 6.07) is 5.27. The van der Waals surface area contributed by atoms with Gasteiger partial charge >= 0.3 is 0 Å². The monoisotopic (exact) mass is 322 g/mol. The van der Waals surface area contributed by atoms with Crippen LogP contribution in [0.5, 0.6) is 0 Å². The number of nitrogens with zero attached hydrogens (tertiary/aromatic N) is 1. The molecular weight excluding hydrogens is 300 g/mol. The van der Waals surface area contributed by atoms with E-state index in [1.54, 1.807) is 12.1 Å². The fourth-order valence-corrected chi connectivity index (χ4v) is 3.87. The van der Waals surface area contributed by atoms with E-state index >= 15 is 0 Å². The van der Waals surface area contributed by atoms with Crippen molar-refractivity contribution in [3.05, 3.63) is 29.3 Å². The molecule has 0 heterocycles. The molecule has 0 aromatic heterocycles. The molecule has 1 amide bonds. The fourth-order valence-electron chi connectivity index (χ4n) is 3.16. The molecule has 2 fully saturated rings. The second-order valence-electron chi connectivity index (χ2n) is 6.43. The molecule has 6 heteroatoms. The molecule has 0 aliphatic heterocycles. The number of benzene rings is 1. The first-order valence-corrected chi connectivity index (χ1v) is 9.38. The molecule has 1 aromatic carbocycles. The van der Waals surface area contributed by atoms with Gasteiger partial charge in [0, 0.05) is 12.1 Å². The predicted octanol–water partition coefficient (Wildman–Crippen LogP) is 2.19. The Morgan fingerprint density at radius 3 is 2.09 bits per heavy atom. The average molecular weight is 322 g/mol. The van der Waals surface area contributed by atoms with E-state index in [1.165, 1.54) is 6.07 Å². The Morgan fingerprint density at radius 1 is 1.14 bits per heavy atom. The highest BCUT2D eigenvalue weighted by molar-refractivity contribution is 7.89. The second kappa shape index (κ2) is 5.66. The molecule has 0 bridgehead atoms. The molecule has 2 saturated carbocycles. The minimum Gasteiger partial charge on any atom is -0.333 e. The lowest BCUT2D eigenvalue weighted by molar-refractivity contribution is 0.0282. The average Bonchev–Trinajstić information content (AvgIpc) is 2.31. The quantitative estimate of drug-likeness (QED) is 0.922. The Labute approximate surface area is 131 Å². The number of amides is 1. The van der Waals surface area contributed by atoms with Gasteiger partial charge in [-0.25, -0.2) is 13.6 Å². The summed E-state index contributed by atoms with van der Waals surface area (Å²) < 4.78 is 23.6. The van der Waals surface area contributed by atoms with E-state index in [1.807, 2.05) is 11.8 Å². The first-order chi connectivity index (χ1) is 10.4. The van der Waals surface area contributed by atoms with Gasteiger partial charge in [0.15, 0.2) is 0 Å². The molecule has 2 N–H and O–H groups in total. The summed E-state index contributed by atoms with van der Waals surface area (Å²) in [5.74, 6) is -0.179. The Balaban J connectivity index is 2.00. The van der Waals surface area contributed by atoms with Crippen LogP contribution in [0.2, 0.25) is 0 Å². The van der Waals surface area contributed by atoms with E-state index in [9.17, 15) is 13.2 Å². The number of hydrogen-bond donors (Lipinski definition) is 1. The Kier molecular flexibility index (Phi) is 3.99. The van der Waals surface area contributed by atoms with Crippen molar-refractivity contribution in [2.75, 3.05) is 0 Å². The number of sulfonamides is 1. The number of aryl methyl sites for hydroxylation is 1. The molecule has 0 unspecified atom stereocenters. The van der Waals surface area contributed by atoms with Gasteiger partial charge < -0.3 is 4.90 Å². The zero-order chi connectivity index (χ0) is 15.9. The van der Waals surface area contributed by atoms with Crippen LogP contribution in [-0.4, -0.2) is 31.3 Å². The Morgan fingerprint density at radius 2 is 1.68 bits per heavy atom. The van der Waals surface area contributed by atoms with Gasteiger partial charge in [-0.15, -0.1) is 0 Å². The minimum atomic E-state index is -3.91. The Bertz CT molecular complexity index is 677. The lowest BCUT2D eigenvalue weighted by Gasteiger charge is -2.46. The van der Waals surface area contributed by atoms with Crippen molar-refractivity contribution >= 4 is 15.9 Å². The van der Waals surface area contributed by atoms with E-state index < -0.39 is 10.0 Å². The van der Waals surface area contributed by atoms with Gasteiger partial charge in [-0.3, -0.25) is 4.79 Å². The van der Waals surface area contributed by atoms with Crippen LogP contribution in [0.15, 0.2) is 23.1 Å². The Hall–Kier alpha value is -1.40. The van der Waals surface area contributed by atoms with Gasteiger partial charge in [0.05, 0.1) is 10.5 Å². The third-order valence-electron chi connectivity index (χ3n) is 4.84. The topological polar surface area (TPSA) is 80.5 Å². The normalized spacial score (nSPS) is 19.4. The molecule has 2 aliphatic rings. The molecule has 3 rings (SSSR count). The van der Waals surface area contributed by atoms with Crippen LogP contribution < -0.4 is 5.14 Å². The first-order valence-electron chi connectivity index (χ1n) is 7.84. The zero-order valence-corrected chi connectivity index (χ0v) is 13.6. The van der Waals surface area contributed by atoms with E-state index in [-0.39, 0.29) is 28.4 Å². The van der Waals surface area contributed by atoms with E-state index in [0.29, 0.717) is 0 Å². The number of carbonyl (C=O) groups is 1. The molecular formula is C16H22N2O3S. The van der Waals surface area contributed by atoms with Crippen molar-refractivity contribution in [3.63, 3.8) is 0 Å². The van der Waals surface area contributed by atoms with Gasteiger partial charge in [-0.1, -0.05) is 11.6 Å². The number of primary sulfonamides is 1. The van der Waals surface area contributed by atoms with Crippen molar-refractivity contribution in [2.24, 2.45) is 5.14 Å². The van der Waals surface area contributed by atoms with Gasteiger partial charge in [0.25, 0.3) is 5.91 Å². The highest BCUT2D eigenvalue weighted by Crippen LogP contribution is 2.35.